The van der Waals surface area contributed by atoms with Gasteiger partial charge in [0.1, 0.15) is 23.2 Å². The lowest BCUT2D eigenvalue weighted by molar-refractivity contribution is 0.0949. The third-order valence-corrected chi connectivity index (χ3v) is 4.03. The van der Waals surface area contributed by atoms with E-state index in [-0.39, 0.29) is 17.3 Å². The standard InChI is InChI=1S/C20H18ClFN4O/c1-13-24-18(12-19(25-13)26-17-8-3-2-7-16(17)22)20(27)23-10-9-14-5-4-6-15(21)11-14/h2-8,11-12H,9-10H2,1H3,(H,23,27)(H,24,25,26). The maximum atomic E-state index is 13.8. The molecule has 3 aromatic rings. The number of aryl methyl sites for hydroxylation is 1. The van der Waals surface area contributed by atoms with Crippen molar-refractivity contribution in [2.45, 2.75) is 13.3 Å². The number of anilines is 2. The van der Waals surface area contributed by atoms with E-state index in [0.717, 1.165) is 5.56 Å². The molecule has 0 unspecified atom stereocenters. The fraction of sp³-hybridized carbons (Fsp3) is 0.150. The van der Waals surface area contributed by atoms with Gasteiger partial charge in [0.05, 0.1) is 5.69 Å². The van der Waals surface area contributed by atoms with Crippen molar-refractivity contribution < 1.29 is 9.18 Å². The quantitative estimate of drug-likeness (QED) is 0.665. The summed E-state index contributed by atoms with van der Waals surface area (Å²) in [6.07, 6.45) is 0.650. The topological polar surface area (TPSA) is 66.9 Å². The van der Waals surface area contributed by atoms with Crippen molar-refractivity contribution in [3.8, 4) is 0 Å². The minimum absolute atomic E-state index is 0.215. The van der Waals surface area contributed by atoms with Crippen LogP contribution in [0, 0.1) is 12.7 Å². The van der Waals surface area contributed by atoms with Gasteiger partial charge in [-0.2, -0.15) is 0 Å². The van der Waals surface area contributed by atoms with Crippen LogP contribution in [0.5, 0.6) is 0 Å². The summed E-state index contributed by atoms with van der Waals surface area (Å²) in [5, 5.41) is 6.36. The van der Waals surface area contributed by atoms with E-state index in [1.807, 2.05) is 18.2 Å². The zero-order valence-electron chi connectivity index (χ0n) is 14.7. The van der Waals surface area contributed by atoms with Crippen LogP contribution in [0.2, 0.25) is 5.02 Å². The molecule has 0 aliphatic rings. The van der Waals surface area contributed by atoms with Gasteiger partial charge in [0.2, 0.25) is 0 Å². The van der Waals surface area contributed by atoms with Gasteiger partial charge in [-0.25, -0.2) is 14.4 Å². The first-order chi connectivity index (χ1) is 13.0. The minimum Gasteiger partial charge on any atom is -0.350 e. The zero-order chi connectivity index (χ0) is 19.2. The van der Waals surface area contributed by atoms with Crippen LogP contribution in [0.3, 0.4) is 0 Å². The van der Waals surface area contributed by atoms with E-state index >= 15 is 0 Å². The second-order valence-corrected chi connectivity index (χ2v) is 6.36. The van der Waals surface area contributed by atoms with Gasteiger partial charge in [-0.15, -0.1) is 0 Å². The largest absolute Gasteiger partial charge is 0.350 e. The van der Waals surface area contributed by atoms with Crippen LogP contribution in [-0.4, -0.2) is 22.4 Å². The molecule has 1 amide bonds. The molecule has 7 heteroatoms. The third-order valence-electron chi connectivity index (χ3n) is 3.80. The summed E-state index contributed by atoms with van der Waals surface area (Å²) in [6, 6.07) is 15.2. The van der Waals surface area contributed by atoms with Crippen LogP contribution < -0.4 is 10.6 Å². The van der Waals surface area contributed by atoms with Gasteiger partial charge in [0.15, 0.2) is 0 Å². The average molecular weight is 385 g/mol. The predicted molar refractivity (Wildman–Crippen MR) is 104 cm³/mol. The molecular formula is C20H18ClFN4O. The van der Waals surface area contributed by atoms with E-state index in [1.54, 1.807) is 31.2 Å². The number of aromatic nitrogens is 2. The summed E-state index contributed by atoms with van der Waals surface area (Å²) >= 11 is 5.96. The van der Waals surface area contributed by atoms with Gasteiger partial charge in [0, 0.05) is 17.6 Å². The van der Waals surface area contributed by atoms with Crippen molar-refractivity contribution in [1.29, 1.82) is 0 Å². The molecule has 0 aliphatic heterocycles. The first-order valence-corrected chi connectivity index (χ1v) is 8.79. The van der Waals surface area contributed by atoms with Crippen molar-refractivity contribution in [3.63, 3.8) is 0 Å². The van der Waals surface area contributed by atoms with Crippen molar-refractivity contribution in [2.24, 2.45) is 0 Å². The molecule has 27 heavy (non-hydrogen) atoms. The van der Waals surface area contributed by atoms with Gasteiger partial charge < -0.3 is 10.6 Å². The Labute approximate surface area is 161 Å². The smallest absolute Gasteiger partial charge is 0.270 e. The van der Waals surface area contributed by atoms with Crippen molar-refractivity contribution in [2.75, 3.05) is 11.9 Å². The summed E-state index contributed by atoms with van der Waals surface area (Å²) in [4.78, 5) is 20.8. The van der Waals surface area contributed by atoms with E-state index in [4.69, 9.17) is 11.6 Å². The number of para-hydroxylation sites is 1. The second kappa shape index (κ2) is 8.60. The van der Waals surface area contributed by atoms with Crippen LogP contribution in [0.15, 0.2) is 54.6 Å². The SMILES string of the molecule is Cc1nc(Nc2ccccc2F)cc(C(=O)NCCc2cccc(Cl)c2)n1. The predicted octanol–water partition coefficient (Wildman–Crippen LogP) is 4.29. The van der Waals surface area contributed by atoms with Gasteiger partial charge >= 0.3 is 0 Å². The minimum atomic E-state index is -0.402. The molecule has 0 saturated heterocycles. The molecule has 0 saturated carbocycles. The number of hydrogen-bond acceptors (Lipinski definition) is 4. The highest BCUT2D eigenvalue weighted by Crippen LogP contribution is 2.18. The Balaban J connectivity index is 1.66. The Bertz CT molecular complexity index is 964. The molecule has 0 bridgehead atoms. The highest BCUT2D eigenvalue weighted by atomic mass is 35.5. The van der Waals surface area contributed by atoms with Crippen LogP contribution in [0.1, 0.15) is 21.9 Å². The van der Waals surface area contributed by atoms with E-state index in [9.17, 15) is 9.18 Å². The van der Waals surface area contributed by atoms with Crippen LogP contribution >= 0.6 is 11.6 Å². The molecular weight excluding hydrogens is 367 g/mol. The van der Waals surface area contributed by atoms with Crippen LogP contribution in [-0.2, 0) is 6.42 Å². The Hall–Kier alpha value is -2.99. The summed E-state index contributed by atoms with van der Waals surface area (Å²) in [7, 11) is 0. The highest BCUT2D eigenvalue weighted by Gasteiger charge is 2.11. The zero-order valence-corrected chi connectivity index (χ0v) is 15.4. The fourth-order valence-corrected chi connectivity index (χ4v) is 2.76. The lowest BCUT2D eigenvalue weighted by Crippen LogP contribution is -2.27. The summed E-state index contributed by atoms with van der Waals surface area (Å²) in [6.45, 7) is 2.12. The number of carbonyl (C=O) groups excluding carboxylic acids is 1. The number of nitrogens with one attached hydrogen (secondary N) is 2. The number of benzene rings is 2. The fourth-order valence-electron chi connectivity index (χ4n) is 2.55. The van der Waals surface area contributed by atoms with Crippen molar-refractivity contribution in [1.82, 2.24) is 15.3 Å². The molecule has 0 spiro atoms. The van der Waals surface area contributed by atoms with Crippen molar-refractivity contribution >= 4 is 29.0 Å². The average Bonchev–Trinajstić information content (AvgIpc) is 2.63. The second-order valence-electron chi connectivity index (χ2n) is 5.93. The van der Waals surface area contributed by atoms with Crippen molar-refractivity contribution in [3.05, 3.63) is 82.5 Å². The summed E-state index contributed by atoms with van der Waals surface area (Å²) < 4.78 is 13.8. The number of nitrogens with zero attached hydrogens (tertiary/aromatic N) is 2. The van der Waals surface area contributed by atoms with Gasteiger partial charge in [0.25, 0.3) is 5.91 Å². The Kier molecular flexibility index (Phi) is 5.98. The summed E-state index contributed by atoms with van der Waals surface area (Å²) in [5.41, 5.74) is 1.53. The molecule has 3 rings (SSSR count). The monoisotopic (exact) mass is 384 g/mol. The molecule has 1 aromatic heterocycles. The number of rotatable bonds is 6. The number of hydrogen-bond donors (Lipinski definition) is 2. The molecule has 2 N–H and O–H groups in total. The third kappa shape index (κ3) is 5.24. The number of halogens is 2. The lowest BCUT2D eigenvalue weighted by Gasteiger charge is -2.10. The maximum absolute atomic E-state index is 13.8. The molecule has 5 nitrogen and oxygen atoms in total. The molecule has 1 heterocycles. The molecule has 0 radical (unpaired) electrons. The van der Waals surface area contributed by atoms with E-state index in [0.29, 0.717) is 29.6 Å². The van der Waals surface area contributed by atoms with E-state index in [2.05, 4.69) is 20.6 Å². The molecule has 2 aromatic carbocycles. The highest BCUT2D eigenvalue weighted by molar-refractivity contribution is 6.30. The Morgan fingerprint density at radius 2 is 1.93 bits per heavy atom. The first-order valence-electron chi connectivity index (χ1n) is 8.41. The lowest BCUT2D eigenvalue weighted by atomic mass is 10.1. The number of amides is 1. The molecule has 138 valence electrons. The van der Waals surface area contributed by atoms with E-state index < -0.39 is 5.82 Å². The maximum Gasteiger partial charge on any atom is 0.270 e. The molecule has 0 atom stereocenters. The van der Waals surface area contributed by atoms with Gasteiger partial charge in [-0.1, -0.05) is 35.9 Å². The Morgan fingerprint density at radius 1 is 1.11 bits per heavy atom. The summed E-state index contributed by atoms with van der Waals surface area (Å²) in [5.74, 6) is 0.0457. The van der Waals surface area contributed by atoms with Crippen LogP contribution in [0.25, 0.3) is 0 Å². The van der Waals surface area contributed by atoms with Gasteiger partial charge in [-0.05, 0) is 43.2 Å². The Morgan fingerprint density at radius 3 is 2.70 bits per heavy atom. The van der Waals surface area contributed by atoms with Crippen LogP contribution in [0.4, 0.5) is 15.9 Å². The van der Waals surface area contributed by atoms with Gasteiger partial charge in [-0.3, -0.25) is 4.79 Å². The normalized spacial score (nSPS) is 10.5. The first kappa shape index (κ1) is 18.8. The van der Waals surface area contributed by atoms with E-state index in [1.165, 1.54) is 12.1 Å². The number of carbonyl (C=O) groups is 1. The molecule has 0 aliphatic carbocycles. The molecule has 0 fully saturated rings.